The van der Waals surface area contributed by atoms with Crippen molar-refractivity contribution in [2.24, 2.45) is 5.84 Å². The molecule has 1 fully saturated rings. The second-order valence-corrected chi connectivity index (χ2v) is 5.12. The standard InChI is InChI=1S/C15H20N4O/c16-11-13-5-7-14(8-6-13)12-19(17)15(20)18-9-3-1-2-4-10-18/h5-8H,1-4,9-10,12,17H2. The maximum atomic E-state index is 12.3. The third-order valence-electron chi connectivity index (χ3n) is 3.56. The number of nitrogens with two attached hydrogens (primary N) is 1. The minimum Gasteiger partial charge on any atom is -0.324 e. The van der Waals surface area contributed by atoms with Crippen LogP contribution in [0.1, 0.15) is 36.8 Å². The van der Waals surface area contributed by atoms with Gasteiger partial charge in [0.25, 0.3) is 0 Å². The molecule has 0 bridgehead atoms. The van der Waals surface area contributed by atoms with E-state index in [0.717, 1.165) is 31.5 Å². The van der Waals surface area contributed by atoms with Crippen LogP contribution in [0.4, 0.5) is 4.79 Å². The monoisotopic (exact) mass is 272 g/mol. The van der Waals surface area contributed by atoms with E-state index in [1.165, 1.54) is 17.9 Å². The number of hydrogen-bond donors (Lipinski definition) is 1. The van der Waals surface area contributed by atoms with Gasteiger partial charge in [-0.1, -0.05) is 25.0 Å². The van der Waals surface area contributed by atoms with E-state index in [1.807, 2.05) is 17.0 Å². The van der Waals surface area contributed by atoms with Gasteiger partial charge in [-0.15, -0.1) is 0 Å². The molecular formula is C15H20N4O. The summed E-state index contributed by atoms with van der Waals surface area (Å²) in [5.74, 6) is 5.88. The molecule has 106 valence electrons. The van der Waals surface area contributed by atoms with Crippen LogP contribution in [0.3, 0.4) is 0 Å². The molecule has 0 saturated carbocycles. The molecule has 0 radical (unpaired) electrons. The molecule has 5 heteroatoms. The number of nitriles is 1. The van der Waals surface area contributed by atoms with E-state index in [-0.39, 0.29) is 6.03 Å². The first-order chi connectivity index (χ1) is 9.70. The molecule has 20 heavy (non-hydrogen) atoms. The van der Waals surface area contributed by atoms with Gasteiger partial charge in [-0.3, -0.25) is 5.01 Å². The summed E-state index contributed by atoms with van der Waals surface area (Å²) >= 11 is 0. The molecule has 1 aliphatic rings. The summed E-state index contributed by atoms with van der Waals surface area (Å²) in [6, 6.07) is 9.08. The first kappa shape index (κ1) is 14.4. The SMILES string of the molecule is N#Cc1ccc(CN(N)C(=O)N2CCCCCC2)cc1. The third kappa shape index (κ3) is 3.72. The number of carbonyl (C=O) groups excluding carboxylic acids is 1. The molecule has 0 unspecified atom stereocenters. The highest BCUT2D eigenvalue weighted by Gasteiger charge is 2.19. The smallest absolute Gasteiger partial charge is 0.324 e. The lowest BCUT2D eigenvalue weighted by Gasteiger charge is -2.26. The number of rotatable bonds is 2. The molecule has 5 nitrogen and oxygen atoms in total. The molecule has 0 aliphatic carbocycles. The number of amides is 2. The first-order valence-electron chi connectivity index (χ1n) is 7.01. The van der Waals surface area contributed by atoms with Crippen LogP contribution >= 0.6 is 0 Å². The highest BCUT2D eigenvalue weighted by atomic mass is 16.2. The van der Waals surface area contributed by atoms with Crippen molar-refractivity contribution in [3.05, 3.63) is 35.4 Å². The van der Waals surface area contributed by atoms with Crippen molar-refractivity contribution < 1.29 is 4.79 Å². The van der Waals surface area contributed by atoms with Crippen molar-refractivity contribution in [2.75, 3.05) is 13.1 Å². The summed E-state index contributed by atoms with van der Waals surface area (Å²) in [5.41, 5.74) is 1.53. The molecule has 1 aromatic carbocycles. The van der Waals surface area contributed by atoms with Gasteiger partial charge in [-0.05, 0) is 30.5 Å². The van der Waals surface area contributed by atoms with E-state index < -0.39 is 0 Å². The van der Waals surface area contributed by atoms with Crippen molar-refractivity contribution in [3.8, 4) is 6.07 Å². The Morgan fingerprint density at radius 2 is 1.80 bits per heavy atom. The van der Waals surface area contributed by atoms with Crippen molar-refractivity contribution in [1.29, 1.82) is 5.26 Å². The summed E-state index contributed by atoms with van der Waals surface area (Å²) in [5, 5.41) is 10.0. The van der Waals surface area contributed by atoms with E-state index in [4.69, 9.17) is 11.1 Å². The maximum absolute atomic E-state index is 12.3. The molecule has 0 atom stereocenters. The molecule has 0 aromatic heterocycles. The first-order valence-corrected chi connectivity index (χ1v) is 7.01. The van der Waals surface area contributed by atoms with Crippen LogP contribution in [0.5, 0.6) is 0 Å². The van der Waals surface area contributed by atoms with E-state index in [1.54, 1.807) is 12.1 Å². The van der Waals surface area contributed by atoms with Gasteiger partial charge in [0.2, 0.25) is 0 Å². The minimum absolute atomic E-state index is 0.115. The van der Waals surface area contributed by atoms with Crippen LogP contribution < -0.4 is 5.84 Å². The van der Waals surface area contributed by atoms with Crippen molar-refractivity contribution in [3.63, 3.8) is 0 Å². The normalized spacial score (nSPS) is 15.3. The number of likely N-dealkylation sites (tertiary alicyclic amines) is 1. The fraction of sp³-hybridized carbons (Fsp3) is 0.467. The topological polar surface area (TPSA) is 73.4 Å². The Labute approximate surface area is 119 Å². The summed E-state index contributed by atoms with van der Waals surface area (Å²) in [6.45, 7) is 1.95. The number of nitrogens with zero attached hydrogens (tertiary/aromatic N) is 3. The summed E-state index contributed by atoms with van der Waals surface area (Å²) < 4.78 is 0. The van der Waals surface area contributed by atoms with Gasteiger partial charge in [-0.25, -0.2) is 10.6 Å². The second-order valence-electron chi connectivity index (χ2n) is 5.12. The van der Waals surface area contributed by atoms with Crippen LogP contribution in [0.25, 0.3) is 0 Å². The Kier molecular flexibility index (Phi) is 4.97. The lowest BCUT2D eigenvalue weighted by molar-refractivity contribution is 0.152. The Bertz CT molecular complexity index is 484. The van der Waals surface area contributed by atoms with Crippen LogP contribution in [0.15, 0.2) is 24.3 Å². The minimum atomic E-state index is -0.115. The zero-order valence-electron chi connectivity index (χ0n) is 11.6. The Hall–Kier alpha value is -2.06. The molecular weight excluding hydrogens is 252 g/mol. The Morgan fingerprint density at radius 1 is 1.20 bits per heavy atom. The van der Waals surface area contributed by atoms with Gasteiger partial charge in [0.05, 0.1) is 18.2 Å². The highest BCUT2D eigenvalue weighted by Crippen LogP contribution is 2.12. The lowest BCUT2D eigenvalue weighted by atomic mass is 10.1. The maximum Gasteiger partial charge on any atom is 0.334 e. The molecule has 2 N–H and O–H groups in total. The molecule has 1 saturated heterocycles. The molecule has 0 spiro atoms. The Balaban J connectivity index is 1.94. The molecule has 2 rings (SSSR count). The molecule has 1 heterocycles. The van der Waals surface area contributed by atoms with Crippen molar-refractivity contribution in [1.82, 2.24) is 9.91 Å². The largest absolute Gasteiger partial charge is 0.334 e. The van der Waals surface area contributed by atoms with E-state index >= 15 is 0 Å². The number of urea groups is 1. The Morgan fingerprint density at radius 3 is 2.35 bits per heavy atom. The average molecular weight is 272 g/mol. The van der Waals surface area contributed by atoms with Gasteiger partial charge in [0.15, 0.2) is 0 Å². The van der Waals surface area contributed by atoms with Gasteiger partial charge < -0.3 is 4.90 Å². The number of carbonyl (C=O) groups is 1. The lowest BCUT2D eigenvalue weighted by Crippen LogP contribution is -2.46. The number of hydrazine groups is 1. The average Bonchev–Trinajstić information content (AvgIpc) is 2.76. The van der Waals surface area contributed by atoms with Gasteiger partial charge >= 0.3 is 6.03 Å². The summed E-state index contributed by atoms with van der Waals surface area (Å²) in [7, 11) is 0. The predicted octanol–water partition coefficient (Wildman–Crippen LogP) is 2.23. The quantitative estimate of drug-likeness (QED) is 0.509. The van der Waals surface area contributed by atoms with Crippen LogP contribution in [-0.2, 0) is 6.54 Å². The number of benzene rings is 1. The fourth-order valence-electron chi connectivity index (χ4n) is 2.39. The van der Waals surface area contributed by atoms with Gasteiger partial charge in [0.1, 0.15) is 0 Å². The second kappa shape index (κ2) is 6.92. The zero-order chi connectivity index (χ0) is 14.4. The van der Waals surface area contributed by atoms with E-state index in [2.05, 4.69) is 6.07 Å². The molecule has 2 amide bonds. The molecule has 1 aliphatic heterocycles. The van der Waals surface area contributed by atoms with Gasteiger partial charge in [-0.2, -0.15) is 5.26 Å². The van der Waals surface area contributed by atoms with Crippen LogP contribution in [-0.4, -0.2) is 29.0 Å². The van der Waals surface area contributed by atoms with Crippen molar-refractivity contribution in [2.45, 2.75) is 32.2 Å². The predicted molar refractivity (Wildman–Crippen MR) is 76.3 cm³/mol. The van der Waals surface area contributed by atoms with E-state index in [9.17, 15) is 4.79 Å². The van der Waals surface area contributed by atoms with Crippen LogP contribution in [0, 0.1) is 11.3 Å². The summed E-state index contributed by atoms with van der Waals surface area (Å²) in [6.07, 6.45) is 4.47. The van der Waals surface area contributed by atoms with Crippen LogP contribution in [0.2, 0.25) is 0 Å². The van der Waals surface area contributed by atoms with E-state index in [0.29, 0.717) is 12.1 Å². The number of hydrogen-bond acceptors (Lipinski definition) is 3. The summed E-state index contributed by atoms with van der Waals surface area (Å²) in [4.78, 5) is 14.1. The third-order valence-corrected chi connectivity index (χ3v) is 3.56. The zero-order valence-corrected chi connectivity index (χ0v) is 11.6. The van der Waals surface area contributed by atoms with Crippen molar-refractivity contribution >= 4 is 6.03 Å². The van der Waals surface area contributed by atoms with Gasteiger partial charge in [0, 0.05) is 13.1 Å². The molecule has 1 aromatic rings. The highest BCUT2D eigenvalue weighted by molar-refractivity contribution is 5.73. The fourth-order valence-corrected chi connectivity index (χ4v) is 2.39.